The van der Waals surface area contributed by atoms with Gasteiger partial charge in [-0.2, -0.15) is 0 Å². The van der Waals surface area contributed by atoms with E-state index >= 15 is 0 Å². The van der Waals surface area contributed by atoms with Crippen LogP contribution >= 0.6 is 0 Å². The molecule has 3 rings (SSSR count). The normalized spacial score (nSPS) is 11.0. The average molecular weight is 377 g/mol. The molecule has 0 saturated carbocycles. The predicted octanol–water partition coefficient (Wildman–Crippen LogP) is 2.88. The Bertz CT molecular complexity index is 606. The van der Waals surface area contributed by atoms with Crippen molar-refractivity contribution >= 4 is 29.1 Å². The number of benzene rings is 3. The first-order valence-electron chi connectivity index (χ1n) is 7.18. The summed E-state index contributed by atoms with van der Waals surface area (Å²) in [7, 11) is 0. The molecule has 0 fully saturated rings. The number of hydrogen-bond donors (Lipinski definition) is 0. The predicted molar refractivity (Wildman–Crippen MR) is 94.2 cm³/mol. The fourth-order valence-corrected chi connectivity index (χ4v) is 14.0. The second kappa shape index (κ2) is 6.31. The van der Waals surface area contributed by atoms with Gasteiger partial charge >= 0.3 is 131 Å². The van der Waals surface area contributed by atoms with Gasteiger partial charge in [0.15, 0.2) is 0 Å². The molecule has 0 aliphatic carbocycles. The summed E-state index contributed by atoms with van der Waals surface area (Å²) in [6.45, 7) is 4.26. The van der Waals surface area contributed by atoms with Gasteiger partial charge < -0.3 is 0 Å². The molecule has 0 nitrogen and oxygen atoms in total. The Hall–Kier alpha value is -1.80. The van der Waals surface area contributed by atoms with Gasteiger partial charge in [-0.3, -0.25) is 0 Å². The summed E-state index contributed by atoms with van der Waals surface area (Å²) in [6, 6.07) is 32.6. The summed E-state index contributed by atoms with van der Waals surface area (Å²) in [4.78, 5) is 0. The van der Waals surface area contributed by atoms with E-state index < -0.39 is 18.4 Å². The van der Waals surface area contributed by atoms with Gasteiger partial charge in [0.05, 0.1) is 0 Å². The third kappa shape index (κ3) is 2.56. The molecule has 102 valence electrons. The summed E-state index contributed by atoms with van der Waals surface area (Å²) < 4.78 is 6.59. The summed E-state index contributed by atoms with van der Waals surface area (Å²) >= 11 is -3.06. The van der Waals surface area contributed by atoms with Crippen LogP contribution < -0.4 is 10.7 Å². The zero-order valence-electron chi connectivity index (χ0n) is 11.9. The van der Waals surface area contributed by atoms with Gasteiger partial charge in [0.25, 0.3) is 0 Å². The van der Waals surface area contributed by atoms with E-state index in [-0.39, 0.29) is 0 Å². The molecule has 1 heteroatoms. The van der Waals surface area contributed by atoms with Crippen LogP contribution in [0, 0.1) is 0 Å². The SMILES string of the molecule is C=[CH][Sn]([c]1ccccc1)([c]1ccccc1)[c]1ccccc1. The topological polar surface area (TPSA) is 0 Å². The molecule has 0 atom stereocenters. The van der Waals surface area contributed by atoms with Crippen molar-refractivity contribution in [3.63, 3.8) is 0 Å². The number of hydrogen-bond acceptors (Lipinski definition) is 0. The van der Waals surface area contributed by atoms with E-state index in [4.69, 9.17) is 0 Å². The van der Waals surface area contributed by atoms with Crippen molar-refractivity contribution in [1.82, 2.24) is 0 Å². The Morgan fingerprint density at radius 2 is 0.810 bits per heavy atom. The van der Waals surface area contributed by atoms with Crippen LogP contribution in [-0.4, -0.2) is 18.4 Å². The van der Waals surface area contributed by atoms with Crippen LogP contribution in [0.3, 0.4) is 0 Å². The van der Waals surface area contributed by atoms with E-state index in [2.05, 4.69) is 102 Å². The van der Waals surface area contributed by atoms with E-state index in [9.17, 15) is 0 Å². The molecule has 0 unspecified atom stereocenters. The molecule has 0 spiro atoms. The zero-order valence-corrected chi connectivity index (χ0v) is 14.8. The van der Waals surface area contributed by atoms with Gasteiger partial charge in [-0.1, -0.05) is 0 Å². The van der Waals surface area contributed by atoms with Crippen LogP contribution in [0.5, 0.6) is 0 Å². The van der Waals surface area contributed by atoms with Crippen molar-refractivity contribution in [3.05, 3.63) is 102 Å². The summed E-state index contributed by atoms with van der Waals surface area (Å²) in [6.07, 6.45) is 0. The van der Waals surface area contributed by atoms with Gasteiger partial charge in [0.2, 0.25) is 0 Å². The molecule has 0 aromatic heterocycles. The van der Waals surface area contributed by atoms with Crippen LogP contribution in [0.25, 0.3) is 0 Å². The van der Waals surface area contributed by atoms with Crippen LogP contribution in [0.2, 0.25) is 0 Å². The van der Waals surface area contributed by atoms with Crippen LogP contribution in [0.1, 0.15) is 0 Å². The second-order valence-corrected chi connectivity index (χ2v) is 15.8. The standard InChI is InChI=1S/3C6H5.C2H3.Sn/c3*1-2-4-6-5-3-1;1-2;/h3*1-5H;1H,2H2;. The van der Waals surface area contributed by atoms with Crippen molar-refractivity contribution in [2.24, 2.45) is 0 Å². The molecule has 0 bridgehead atoms. The Labute approximate surface area is 130 Å². The molecule has 3 aromatic rings. The molecule has 0 N–H and O–H groups in total. The molecule has 3 aromatic carbocycles. The van der Waals surface area contributed by atoms with Crippen molar-refractivity contribution < 1.29 is 0 Å². The molecule has 0 heterocycles. The fraction of sp³-hybridized carbons (Fsp3) is 0. The Kier molecular flexibility index (Phi) is 4.25. The molecule has 0 aliphatic heterocycles. The average Bonchev–Trinajstić information content (AvgIpc) is 2.59. The first-order valence-corrected chi connectivity index (χ1v) is 13.1. The van der Waals surface area contributed by atoms with Crippen molar-refractivity contribution in [2.75, 3.05) is 0 Å². The summed E-state index contributed by atoms with van der Waals surface area (Å²) in [5.74, 6) is 0. The molecular formula is C20H18Sn. The molecule has 0 radical (unpaired) electrons. The Morgan fingerprint density at radius 1 is 0.524 bits per heavy atom. The van der Waals surface area contributed by atoms with Crippen LogP contribution in [0.15, 0.2) is 102 Å². The maximum atomic E-state index is 4.26. The van der Waals surface area contributed by atoms with E-state index in [0.29, 0.717) is 0 Å². The van der Waals surface area contributed by atoms with Crippen molar-refractivity contribution in [3.8, 4) is 0 Å². The third-order valence-corrected chi connectivity index (χ3v) is 16.4. The Morgan fingerprint density at radius 3 is 1.05 bits per heavy atom. The van der Waals surface area contributed by atoms with E-state index in [1.165, 1.54) is 10.7 Å². The van der Waals surface area contributed by atoms with E-state index in [1.807, 2.05) is 0 Å². The molecule has 21 heavy (non-hydrogen) atoms. The maximum absolute atomic E-state index is 4.26. The molecular weight excluding hydrogens is 359 g/mol. The van der Waals surface area contributed by atoms with Gasteiger partial charge in [-0.05, 0) is 0 Å². The minimum atomic E-state index is -3.06. The zero-order chi connectivity index (χ0) is 14.5. The van der Waals surface area contributed by atoms with Crippen LogP contribution in [0.4, 0.5) is 0 Å². The van der Waals surface area contributed by atoms with Crippen LogP contribution in [-0.2, 0) is 0 Å². The van der Waals surface area contributed by atoms with Gasteiger partial charge in [0, 0.05) is 0 Å². The number of rotatable bonds is 4. The van der Waals surface area contributed by atoms with Gasteiger partial charge in [-0.25, -0.2) is 0 Å². The van der Waals surface area contributed by atoms with Gasteiger partial charge in [0.1, 0.15) is 0 Å². The second-order valence-electron chi connectivity index (χ2n) is 5.11. The van der Waals surface area contributed by atoms with Crippen molar-refractivity contribution in [1.29, 1.82) is 0 Å². The summed E-state index contributed by atoms with van der Waals surface area (Å²) in [5, 5.41) is 0. The first-order chi connectivity index (χ1) is 10.4. The molecule has 0 amide bonds. The van der Waals surface area contributed by atoms with Crippen molar-refractivity contribution in [2.45, 2.75) is 0 Å². The quantitative estimate of drug-likeness (QED) is 0.614. The fourth-order valence-electron chi connectivity index (χ4n) is 2.96. The monoisotopic (exact) mass is 378 g/mol. The Balaban J connectivity index is 2.31. The first kappa shape index (κ1) is 14.1. The third-order valence-electron chi connectivity index (χ3n) is 3.99. The summed E-state index contributed by atoms with van der Waals surface area (Å²) in [5.41, 5.74) is 0. The molecule has 0 aliphatic rings. The van der Waals surface area contributed by atoms with E-state index in [0.717, 1.165) is 0 Å². The van der Waals surface area contributed by atoms with Gasteiger partial charge in [-0.15, -0.1) is 0 Å². The minimum absolute atomic E-state index is 1.44. The van der Waals surface area contributed by atoms with E-state index in [1.54, 1.807) is 0 Å². The molecule has 0 saturated heterocycles.